The fraction of sp³-hybridized carbons (Fsp3) is 0.500. The Hall–Kier alpha value is -2.02. The topological polar surface area (TPSA) is 45.8 Å². The van der Waals surface area contributed by atoms with Crippen LogP contribution in [-0.4, -0.2) is 51.8 Å². The zero-order valence-electron chi connectivity index (χ0n) is 19.7. The number of piperazine rings is 1. The Kier molecular flexibility index (Phi) is 12.3. The van der Waals surface area contributed by atoms with E-state index in [4.69, 9.17) is 0 Å². The Labute approximate surface area is 198 Å². The minimum Gasteiger partial charge on any atom is -0.369 e. The first-order chi connectivity index (χ1) is 14.7. The van der Waals surface area contributed by atoms with Gasteiger partial charge in [0.2, 0.25) is 0 Å². The van der Waals surface area contributed by atoms with E-state index >= 15 is 0 Å². The normalized spacial score (nSPS) is 13.5. The first kappa shape index (κ1) is 27.0. The Morgan fingerprint density at radius 3 is 2.26 bits per heavy atom. The van der Waals surface area contributed by atoms with Gasteiger partial charge in [-0.05, 0) is 43.2 Å². The van der Waals surface area contributed by atoms with Gasteiger partial charge in [0.05, 0.1) is 0 Å². The number of hydrogen-bond acceptors (Lipinski definition) is 4. The summed E-state index contributed by atoms with van der Waals surface area (Å²) in [6.07, 6.45) is 2.71. The molecule has 3 aromatic rings. The molecule has 1 fully saturated rings. The molecule has 4 rings (SSSR count). The predicted molar refractivity (Wildman–Crippen MR) is 127 cm³/mol. The third-order valence-electron chi connectivity index (χ3n) is 5.07. The summed E-state index contributed by atoms with van der Waals surface area (Å²) in [4.78, 5) is 17.2. The number of benzene rings is 1. The molecule has 1 saturated heterocycles. The molecule has 1 aromatic carbocycles. The van der Waals surface area contributed by atoms with Gasteiger partial charge in [0, 0.05) is 69.7 Å². The second kappa shape index (κ2) is 14.1. The SMILES string of the molecule is CC.CC.Cc1cccc(N2CCN(CCCn3nc4ccccn4c3=O)CC2)c1.[V]. The predicted octanol–water partition coefficient (Wildman–Crippen LogP) is 4.07. The van der Waals surface area contributed by atoms with Crippen molar-refractivity contribution in [3.8, 4) is 0 Å². The second-order valence-electron chi connectivity index (χ2n) is 6.96. The van der Waals surface area contributed by atoms with E-state index in [1.807, 2.05) is 45.9 Å². The van der Waals surface area contributed by atoms with Gasteiger partial charge in [-0.2, -0.15) is 0 Å². The first-order valence-electron chi connectivity index (χ1n) is 11.3. The quantitative estimate of drug-likeness (QED) is 0.574. The number of nitrogens with zero attached hydrogens (tertiary/aromatic N) is 5. The molecular weight excluding hydrogens is 425 g/mol. The van der Waals surface area contributed by atoms with Crippen molar-refractivity contribution in [3.05, 3.63) is 64.7 Å². The van der Waals surface area contributed by atoms with Crippen LogP contribution < -0.4 is 10.6 Å². The van der Waals surface area contributed by atoms with Crippen molar-refractivity contribution < 1.29 is 18.6 Å². The molecule has 0 atom stereocenters. The average Bonchev–Trinajstić information content (AvgIpc) is 3.13. The molecule has 0 aliphatic carbocycles. The molecule has 1 aliphatic heterocycles. The van der Waals surface area contributed by atoms with Gasteiger partial charge in [-0.25, -0.2) is 9.48 Å². The minimum atomic E-state index is -0.0510. The van der Waals surface area contributed by atoms with Crippen molar-refractivity contribution in [3.63, 3.8) is 0 Å². The van der Waals surface area contributed by atoms with Gasteiger partial charge in [0.1, 0.15) is 0 Å². The van der Waals surface area contributed by atoms with Gasteiger partial charge in [-0.3, -0.25) is 9.30 Å². The summed E-state index contributed by atoms with van der Waals surface area (Å²) in [5.74, 6) is 0. The number of fused-ring (bicyclic) bond motifs is 1. The molecule has 0 N–H and O–H groups in total. The van der Waals surface area contributed by atoms with Crippen molar-refractivity contribution in [2.45, 2.75) is 47.6 Å². The maximum atomic E-state index is 12.3. The third-order valence-corrected chi connectivity index (χ3v) is 5.07. The number of aromatic nitrogens is 3. The smallest absolute Gasteiger partial charge is 0.350 e. The fourth-order valence-electron chi connectivity index (χ4n) is 3.61. The van der Waals surface area contributed by atoms with Crippen molar-refractivity contribution in [1.29, 1.82) is 0 Å². The molecule has 0 bridgehead atoms. The largest absolute Gasteiger partial charge is 0.369 e. The van der Waals surface area contributed by atoms with E-state index in [0.717, 1.165) is 39.1 Å². The number of aryl methyl sites for hydroxylation is 2. The molecular formula is C24H37N5OV. The van der Waals surface area contributed by atoms with Gasteiger partial charge in [-0.15, -0.1) is 5.10 Å². The van der Waals surface area contributed by atoms with E-state index in [1.165, 1.54) is 11.3 Å². The van der Waals surface area contributed by atoms with E-state index in [2.05, 4.69) is 46.1 Å². The summed E-state index contributed by atoms with van der Waals surface area (Å²) < 4.78 is 3.18. The van der Waals surface area contributed by atoms with Crippen LogP contribution in [0.15, 0.2) is 53.5 Å². The number of hydrogen-bond donors (Lipinski definition) is 0. The Morgan fingerprint density at radius 2 is 1.61 bits per heavy atom. The first-order valence-corrected chi connectivity index (χ1v) is 11.3. The van der Waals surface area contributed by atoms with E-state index in [-0.39, 0.29) is 24.2 Å². The summed E-state index contributed by atoms with van der Waals surface area (Å²) in [5.41, 5.74) is 3.29. The van der Waals surface area contributed by atoms with Crippen molar-refractivity contribution in [2.75, 3.05) is 37.6 Å². The van der Waals surface area contributed by atoms with Crippen LogP contribution in [0.25, 0.3) is 5.65 Å². The molecule has 2 aromatic heterocycles. The van der Waals surface area contributed by atoms with Crippen LogP contribution in [0.1, 0.15) is 39.7 Å². The van der Waals surface area contributed by atoms with Crippen LogP contribution in [0, 0.1) is 6.92 Å². The van der Waals surface area contributed by atoms with Gasteiger partial charge in [0.25, 0.3) is 0 Å². The summed E-state index contributed by atoms with van der Waals surface area (Å²) in [7, 11) is 0. The molecule has 1 radical (unpaired) electrons. The Morgan fingerprint density at radius 1 is 0.903 bits per heavy atom. The average molecular weight is 463 g/mol. The maximum Gasteiger partial charge on any atom is 0.350 e. The molecule has 0 spiro atoms. The van der Waals surface area contributed by atoms with E-state index < -0.39 is 0 Å². The second-order valence-corrected chi connectivity index (χ2v) is 6.96. The van der Waals surface area contributed by atoms with E-state index in [0.29, 0.717) is 12.2 Å². The molecule has 0 unspecified atom stereocenters. The van der Waals surface area contributed by atoms with Crippen LogP contribution >= 0.6 is 0 Å². The van der Waals surface area contributed by atoms with Crippen LogP contribution in [0.3, 0.4) is 0 Å². The summed E-state index contributed by atoms with van der Waals surface area (Å²) >= 11 is 0. The van der Waals surface area contributed by atoms with Crippen LogP contribution in [0.2, 0.25) is 0 Å². The van der Waals surface area contributed by atoms with Gasteiger partial charge < -0.3 is 4.90 Å². The zero-order valence-corrected chi connectivity index (χ0v) is 21.1. The zero-order chi connectivity index (χ0) is 21.9. The van der Waals surface area contributed by atoms with E-state index in [1.54, 1.807) is 15.3 Å². The maximum absolute atomic E-state index is 12.3. The number of anilines is 1. The van der Waals surface area contributed by atoms with E-state index in [9.17, 15) is 4.79 Å². The van der Waals surface area contributed by atoms with Gasteiger partial charge in [0.15, 0.2) is 5.65 Å². The molecule has 0 amide bonds. The fourth-order valence-corrected chi connectivity index (χ4v) is 3.61. The van der Waals surface area contributed by atoms with Crippen LogP contribution in [0.5, 0.6) is 0 Å². The molecule has 3 heterocycles. The molecule has 6 nitrogen and oxygen atoms in total. The van der Waals surface area contributed by atoms with Gasteiger partial charge >= 0.3 is 5.69 Å². The Balaban J connectivity index is 0.000000910. The summed E-state index contributed by atoms with van der Waals surface area (Å²) in [6.45, 7) is 16.0. The molecule has 169 valence electrons. The molecule has 1 aliphatic rings. The third kappa shape index (κ3) is 7.27. The number of rotatable bonds is 5. The summed E-state index contributed by atoms with van der Waals surface area (Å²) in [5, 5.41) is 4.40. The van der Waals surface area contributed by atoms with Crippen molar-refractivity contribution in [1.82, 2.24) is 19.1 Å². The van der Waals surface area contributed by atoms with Gasteiger partial charge in [-0.1, -0.05) is 45.9 Å². The molecule has 7 heteroatoms. The monoisotopic (exact) mass is 462 g/mol. The van der Waals surface area contributed by atoms with Crippen molar-refractivity contribution in [2.24, 2.45) is 0 Å². The standard InChI is InChI=1S/C20H25N5O.2C2H6.V/c1-17-6-4-7-18(16-17)23-14-12-22(13-15-23)9-5-11-25-20(26)24-10-3-2-8-19(24)21-25;2*1-2;/h2-4,6-8,10,16H,5,9,11-15H2,1H3;2*1-2H3;. The molecule has 0 saturated carbocycles. The molecule has 31 heavy (non-hydrogen) atoms. The number of pyridine rings is 1. The van der Waals surface area contributed by atoms with Crippen molar-refractivity contribution >= 4 is 11.3 Å². The Bertz CT molecular complexity index is 944. The summed E-state index contributed by atoms with van der Waals surface area (Å²) in [6, 6.07) is 14.3. The van der Waals surface area contributed by atoms with Crippen LogP contribution in [-0.2, 0) is 25.1 Å². The van der Waals surface area contributed by atoms with Crippen LogP contribution in [0.4, 0.5) is 5.69 Å². The minimum absolute atomic E-state index is 0.